The van der Waals surface area contributed by atoms with Gasteiger partial charge < -0.3 is 14.6 Å². The highest BCUT2D eigenvalue weighted by atomic mass is 19.4. The van der Waals surface area contributed by atoms with Crippen molar-refractivity contribution in [3.05, 3.63) is 81.9 Å². The molecule has 0 spiro atoms. The minimum absolute atomic E-state index is 0.0268. The molecule has 0 aliphatic carbocycles. The van der Waals surface area contributed by atoms with E-state index in [0.29, 0.717) is 17.0 Å². The van der Waals surface area contributed by atoms with Crippen LogP contribution in [0.4, 0.5) is 13.2 Å². The highest BCUT2D eigenvalue weighted by molar-refractivity contribution is 5.43. The first-order valence-corrected chi connectivity index (χ1v) is 9.77. The Bertz CT molecular complexity index is 1130. The van der Waals surface area contributed by atoms with Crippen LogP contribution in [0.3, 0.4) is 0 Å². The van der Waals surface area contributed by atoms with Gasteiger partial charge in [-0.1, -0.05) is 12.1 Å². The molecule has 2 aromatic carbocycles. The highest BCUT2D eigenvalue weighted by Gasteiger charge is 2.29. The maximum absolute atomic E-state index is 12.6. The standard InChI is InChI=1S/C23H23F3N2O4/c1-15-12-18(8-9-19(15)32-14-22(2,3)30)28-11-10-20(27-21(28)29)31-13-16-4-6-17(7-5-16)23(24,25)26/h4-12,30H,13-14H2,1-3H3. The lowest BCUT2D eigenvalue weighted by Gasteiger charge is -2.19. The van der Waals surface area contributed by atoms with Crippen LogP contribution in [0.25, 0.3) is 5.69 Å². The Kier molecular flexibility index (Phi) is 6.59. The number of alkyl halides is 3. The molecule has 0 aliphatic rings. The van der Waals surface area contributed by atoms with E-state index in [1.54, 1.807) is 32.0 Å². The predicted molar refractivity (Wildman–Crippen MR) is 112 cm³/mol. The van der Waals surface area contributed by atoms with Crippen molar-refractivity contribution in [2.24, 2.45) is 0 Å². The molecule has 0 amide bonds. The van der Waals surface area contributed by atoms with Crippen molar-refractivity contribution in [3.8, 4) is 17.3 Å². The molecule has 0 radical (unpaired) electrons. The molecule has 3 aromatic rings. The summed E-state index contributed by atoms with van der Waals surface area (Å²) in [5, 5.41) is 9.79. The Morgan fingerprint density at radius 3 is 2.28 bits per heavy atom. The van der Waals surface area contributed by atoms with E-state index in [0.717, 1.165) is 17.7 Å². The number of aromatic nitrogens is 2. The molecule has 0 unspecified atom stereocenters. The van der Waals surface area contributed by atoms with E-state index in [4.69, 9.17) is 9.47 Å². The molecule has 170 valence electrons. The fourth-order valence-corrected chi connectivity index (χ4v) is 2.81. The number of halogens is 3. The van der Waals surface area contributed by atoms with Gasteiger partial charge in [-0.2, -0.15) is 18.2 Å². The Labute approximate surface area is 182 Å². The van der Waals surface area contributed by atoms with Crippen LogP contribution in [-0.2, 0) is 12.8 Å². The number of hydrogen-bond donors (Lipinski definition) is 1. The summed E-state index contributed by atoms with van der Waals surface area (Å²) in [6.45, 7) is 5.20. The molecule has 0 bridgehead atoms. The molecule has 1 N–H and O–H groups in total. The average Bonchev–Trinajstić information content (AvgIpc) is 2.70. The van der Waals surface area contributed by atoms with E-state index in [1.807, 2.05) is 6.92 Å². The van der Waals surface area contributed by atoms with Crippen molar-refractivity contribution in [1.82, 2.24) is 9.55 Å². The highest BCUT2D eigenvalue weighted by Crippen LogP contribution is 2.29. The lowest BCUT2D eigenvalue weighted by atomic mass is 10.1. The maximum atomic E-state index is 12.6. The number of aryl methyl sites for hydroxylation is 1. The van der Waals surface area contributed by atoms with Crippen molar-refractivity contribution in [3.63, 3.8) is 0 Å². The summed E-state index contributed by atoms with van der Waals surface area (Å²) in [4.78, 5) is 16.3. The van der Waals surface area contributed by atoms with Crippen molar-refractivity contribution < 1.29 is 27.8 Å². The summed E-state index contributed by atoms with van der Waals surface area (Å²) in [5.74, 6) is 0.654. The molecule has 0 fully saturated rings. The Morgan fingerprint density at radius 1 is 1.03 bits per heavy atom. The van der Waals surface area contributed by atoms with E-state index < -0.39 is 23.0 Å². The molecule has 32 heavy (non-hydrogen) atoms. The molecule has 0 atom stereocenters. The zero-order valence-electron chi connectivity index (χ0n) is 17.8. The smallest absolute Gasteiger partial charge is 0.416 e. The first kappa shape index (κ1) is 23.3. The SMILES string of the molecule is Cc1cc(-n2ccc(OCc3ccc(C(F)(F)F)cc3)nc2=O)ccc1OCC(C)(C)O. The summed E-state index contributed by atoms with van der Waals surface area (Å²) in [7, 11) is 0. The van der Waals surface area contributed by atoms with Gasteiger partial charge in [0.1, 0.15) is 19.0 Å². The maximum Gasteiger partial charge on any atom is 0.416 e. The summed E-state index contributed by atoms with van der Waals surface area (Å²) < 4.78 is 50.3. The molecule has 6 nitrogen and oxygen atoms in total. The van der Waals surface area contributed by atoms with E-state index in [9.17, 15) is 23.1 Å². The topological polar surface area (TPSA) is 73.6 Å². The second-order valence-electron chi connectivity index (χ2n) is 7.95. The molecule has 1 aromatic heterocycles. The van der Waals surface area contributed by atoms with Gasteiger partial charge in [0, 0.05) is 12.3 Å². The zero-order chi connectivity index (χ0) is 23.5. The number of rotatable bonds is 7. The molecular formula is C23H23F3N2O4. The van der Waals surface area contributed by atoms with Gasteiger partial charge >= 0.3 is 11.9 Å². The van der Waals surface area contributed by atoms with Gasteiger partial charge in [0.05, 0.1) is 16.9 Å². The van der Waals surface area contributed by atoms with Gasteiger partial charge in [0.25, 0.3) is 0 Å². The predicted octanol–water partition coefficient (Wildman–Crippen LogP) is 4.29. The van der Waals surface area contributed by atoms with Crippen LogP contribution < -0.4 is 15.2 Å². The van der Waals surface area contributed by atoms with E-state index >= 15 is 0 Å². The molecule has 1 heterocycles. The van der Waals surface area contributed by atoms with Crippen LogP contribution in [0.1, 0.15) is 30.5 Å². The van der Waals surface area contributed by atoms with Crippen LogP contribution >= 0.6 is 0 Å². The molecule has 0 saturated carbocycles. The normalized spacial score (nSPS) is 12.0. The quantitative estimate of drug-likeness (QED) is 0.584. The van der Waals surface area contributed by atoms with Crippen LogP contribution in [0.15, 0.2) is 59.5 Å². The Hall–Kier alpha value is -3.33. The third kappa shape index (κ3) is 6.10. The summed E-state index contributed by atoms with van der Waals surface area (Å²) in [5.41, 5.74) is -0.414. The van der Waals surface area contributed by atoms with Crippen LogP contribution in [-0.4, -0.2) is 26.9 Å². The molecule has 0 saturated heterocycles. The lowest BCUT2D eigenvalue weighted by Crippen LogP contribution is -2.28. The summed E-state index contributed by atoms with van der Waals surface area (Å²) in [6, 6.07) is 11.2. The molecular weight excluding hydrogens is 425 g/mol. The van der Waals surface area contributed by atoms with Crippen LogP contribution in [0, 0.1) is 6.92 Å². The minimum atomic E-state index is -4.40. The third-order valence-corrected chi connectivity index (χ3v) is 4.46. The fourth-order valence-electron chi connectivity index (χ4n) is 2.81. The molecule has 9 heteroatoms. The van der Waals surface area contributed by atoms with Gasteiger partial charge in [-0.3, -0.25) is 4.57 Å². The third-order valence-electron chi connectivity index (χ3n) is 4.46. The van der Waals surface area contributed by atoms with Gasteiger partial charge in [-0.25, -0.2) is 4.79 Å². The van der Waals surface area contributed by atoms with Crippen molar-refractivity contribution >= 4 is 0 Å². The fraction of sp³-hybridized carbons (Fsp3) is 0.304. The first-order valence-electron chi connectivity index (χ1n) is 9.77. The van der Waals surface area contributed by atoms with Gasteiger partial charge in [-0.15, -0.1) is 0 Å². The van der Waals surface area contributed by atoms with E-state index in [1.165, 1.54) is 29.0 Å². The number of benzene rings is 2. The second kappa shape index (κ2) is 9.04. The van der Waals surface area contributed by atoms with Gasteiger partial charge in [0.2, 0.25) is 5.88 Å². The number of hydrogen-bond acceptors (Lipinski definition) is 5. The largest absolute Gasteiger partial charge is 0.490 e. The number of ether oxygens (including phenoxy) is 2. The number of nitrogens with zero attached hydrogens (tertiary/aromatic N) is 2. The van der Waals surface area contributed by atoms with E-state index in [-0.39, 0.29) is 19.1 Å². The zero-order valence-corrected chi connectivity index (χ0v) is 17.8. The summed E-state index contributed by atoms with van der Waals surface area (Å²) in [6.07, 6.45) is -2.90. The second-order valence-corrected chi connectivity index (χ2v) is 7.95. The Morgan fingerprint density at radius 2 is 1.72 bits per heavy atom. The van der Waals surface area contributed by atoms with Crippen molar-refractivity contribution in [2.75, 3.05) is 6.61 Å². The Balaban J connectivity index is 1.69. The van der Waals surface area contributed by atoms with Gasteiger partial charge in [0.15, 0.2) is 0 Å². The lowest BCUT2D eigenvalue weighted by molar-refractivity contribution is -0.137. The van der Waals surface area contributed by atoms with Gasteiger partial charge in [-0.05, 0) is 62.2 Å². The van der Waals surface area contributed by atoms with Crippen LogP contribution in [0.5, 0.6) is 11.6 Å². The van der Waals surface area contributed by atoms with E-state index in [2.05, 4.69) is 4.98 Å². The van der Waals surface area contributed by atoms with Crippen molar-refractivity contribution in [1.29, 1.82) is 0 Å². The summed E-state index contributed by atoms with van der Waals surface area (Å²) >= 11 is 0. The minimum Gasteiger partial charge on any atom is -0.490 e. The monoisotopic (exact) mass is 448 g/mol. The molecule has 3 rings (SSSR count). The van der Waals surface area contributed by atoms with Crippen molar-refractivity contribution in [2.45, 2.75) is 39.2 Å². The first-order chi connectivity index (χ1) is 14.9. The number of aliphatic hydroxyl groups is 1. The van der Waals surface area contributed by atoms with Crippen LogP contribution in [0.2, 0.25) is 0 Å². The average molecular weight is 448 g/mol. The molecule has 0 aliphatic heterocycles.